The fourth-order valence-corrected chi connectivity index (χ4v) is 3.03. The van der Waals surface area contributed by atoms with Crippen LogP contribution < -0.4 is 0 Å². The average Bonchev–Trinajstić information content (AvgIpc) is 2.83. The van der Waals surface area contributed by atoms with E-state index in [1.807, 2.05) is 11.4 Å². The molecule has 0 aromatic carbocycles. The van der Waals surface area contributed by atoms with Crippen molar-refractivity contribution in [3.8, 4) is 0 Å². The van der Waals surface area contributed by atoms with Crippen LogP contribution in [0.2, 0.25) is 0 Å². The highest BCUT2D eigenvalue weighted by molar-refractivity contribution is 14.1. The monoisotopic (exact) mass is 381 g/mol. The molecule has 2 heterocycles. The van der Waals surface area contributed by atoms with E-state index in [0.29, 0.717) is 18.7 Å². The van der Waals surface area contributed by atoms with E-state index in [2.05, 4.69) is 27.3 Å². The Morgan fingerprint density at radius 1 is 1.61 bits per heavy atom. The lowest BCUT2D eigenvalue weighted by molar-refractivity contribution is -0.158. The number of hydrogen-bond donors (Lipinski definition) is 0. The number of thiophene rings is 1. The highest BCUT2D eigenvalue weighted by atomic mass is 127. The number of nitrogens with zero attached hydrogens (tertiary/aromatic N) is 1. The van der Waals surface area contributed by atoms with E-state index in [1.165, 1.54) is 18.4 Å². The van der Waals surface area contributed by atoms with Crippen molar-refractivity contribution in [1.29, 1.82) is 0 Å². The molecule has 0 N–H and O–H groups in total. The normalized spacial score (nSPS) is 19.7. The fourth-order valence-electron chi connectivity index (χ4n) is 1.71. The summed E-state index contributed by atoms with van der Waals surface area (Å²) in [5.74, 6) is -0.501. The second-order valence-electron chi connectivity index (χ2n) is 3.77. The van der Waals surface area contributed by atoms with Crippen LogP contribution in [-0.2, 0) is 14.3 Å². The van der Waals surface area contributed by atoms with Crippen LogP contribution in [0.15, 0.2) is 11.4 Å². The lowest BCUT2D eigenvalue weighted by atomic mass is 10.2. The van der Waals surface area contributed by atoms with Gasteiger partial charge in [0.15, 0.2) is 6.10 Å². The van der Waals surface area contributed by atoms with Crippen molar-refractivity contribution in [2.24, 2.45) is 0 Å². The Balaban J connectivity index is 2.05. The third kappa shape index (κ3) is 3.01. The van der Waals surface area contributed by atoms with E-state index in [1.54, 1.807) is 4.90 Å². The molecule has 0 saturated carbocycles. The summed E-state index contributed by atoms with van der Waals surface area (Å²) in [4.78, 5) is 25.2. The lowest BCUT2D eigenvalue weighted by Crippen LogP contribution is -2.48. The van der Waals surface area contributed by atoms with Crippen molar-refractivity contribution in [3.05, 3.63) is 19.9 Å². The third-order valence-electron chi connectivity index (χ3n) is 2.63. The van der Waals surface area contributed by atoms with Gasteiger partial charge in [-0.3, -0.25) is 4.79 Å². The van der Waals surface area contributed by atoms with Gasteiger partial charge in [0.1, 0.15) is 0 Å². The molecule has 0 aliphatic carbocycles. The van der Waals surface area contributed by atoms with Gasteiger partial charge in [0, 0.05) is 11.9 Å². The van der Waals surface area contributed by atoms with Crippen LogP contribution in [0.25, 0.3) is 0 Å². The largest absolute Gasteiger partial charge is 0.467 e. The third-order valence-corrected chi connectivity index (χ3v) is 4.42. The van der Waals surface area contributed by atoms with E-state index in [-0.39, 0.29) is 12.5 Å². The standard InChI is InChI=1S/C11H12INO4S/c1-16-11(15)8-5-13(2-3-17-8)10(14)7-4-9(12)18-6-7/h4,6,8H,2-3,5H2,1H3. The van der Waals surface area contributed by atoms with E-state index < -0.39 is 12.1 Å². The summed E-state index contributed by atoms with van der Waals surface area (Å²) in [5.41, 5.74) is 0.662. The molecule has 7 heteroatoms. The Kier molecular flexibility index (Phi) is 4.57. The topological polar surface area (TPSA) is 55.8 Å². The maximum atomic E-state index is 12.2. The molecule has 2 rings (SSSR count). The predicted octanol–water partition coefficient (Wildman–Crippen LogP) is 1.37. The molecule has 18 heavy (non-hydrogen) atoms. The molecule has 98 valence electrons. The smallest absolute Gasteiger partial charge is 0.336 e. The molecule has 1 unspecified atom stereocenters. The predicted molar refractivity (Wildman–Crippen MR) is 74.7 cm³/mol. The maximum Gasteiger partial charge on any atom is 0.336 e. The molecule has 1 aromatic heterocycles. The highest BCUT2D eigenvalue weighted by Crippen LogP contribution is 2.19. The fraction of sp³-hybridized carbons (Fsp3) is 0.455. The van der Waals surface area contributed by atoms with Gasteiger partial charge < -0.3 is 14.4 Å². The van der Waals surface area contributed by atoms with Crippen LogP contribution in [0.5, 0.6) is 0 Å². The first-order valence-corrected chi connectivity index (χ1v) is 7.30. The Labute approximate surface area is 122 Å². The minimum absolute atomic E-state index is 0.0635. The van der Waals surface area contributed by atoms with Crippen LogP contribution in [0.1, 0.15) is 10.4 Å². The maximum absolute atomic E-state index is 12.2. The number of carbonyl (C=O) groups excluding carboxylic acids is 2. The Hall–Kier alpha value is -0.670. The molecule has 1 aliphatic rings. The van der Waals surface area contributed by atoms with Crippen molar-refractivity contribution in [1.82, 2.24) is 4.90 Å². The molecule has 1 saturated heterocycles. The van der Waals surface area contributed by atoms with Gasteiger partial charge in [-0.2, -0.15) is 0 Å². The van der Waals surface area contributed by atoms with E-state index in [4.69, 9.17) is 4.74 Å². The van der Waals surface area contributed by atoms with Crippen LogP contribution in [-0.4, -0.2) is 49.7 Å². The summed E-state index contributed by atoms with van der Waals surface area (Å²) in [6.45, 7) is 1.10. The summed E-state index contributed by atoms with van der Waals surface area (Å²) < 4.78 is 11.0. The van der Waals surface area contributed by atoms with Crippen LogP contribution in [0.4, 0.5) is 0 Å². The van der Waals surface area contributed by atoms with Gasteiger partial charge >= 0.3 is 5.97 Å². The number of methoxy groups -OCH3 is 1. The first-order chi connectivity index (χ1) is 8.61. The SMILES string of the molecule is COC(=O)C1CN(C(=O)c2csc(I)c2)CCO1. The van der Waals surface area contributed by atoms with Crippen LogP contribution >= 0.6 is 33.9 Å². The second-order valence-corrected chi connectivity index (χ2v) is 6.58. The minimum Gasteiger partial charge on any atom is -0.467 e. The molecule has 1 atom stereocenters. The summed E-state index contributed by atoms with van der Waals surface area (Å²) in [6.07, 6.45) is -0.676. The number of morpholine rings is 1. The molecule has 5 nitrogen and oxygen atoms in total. The van der Waals surface area contributed by atoms with Crippen molar-refractivity contribution >= 4 is 45.8 Å². The van der Waals surface area contributed by atoms with Gasteiger partial charge in [0.05, 0.1) is 28.7 Å². The van der Waals surface area contributed by atoms with Crippen molar-refractivity contribution in [2.75, 3.05) is 26.8 Å². The van der Waals surface area contributed by atoms with Crippen molar-refractivity contribution in [3.63, 3.8) is 0 Å². The van der Waals surface area contributed by atoms with Crippen LogP contribution in [0.3, 0.4) is 0 Å². The number of ether oxygens (including phenoxy) is 2. The lowest BCUT2D eigenvalue weighted by Gasteiger charge is -2.31. The zero-order chi connectivity index (χ0) is 13.1. The van der Waals surface area contributed by atoms with Crippen LogP contribution in [0, 0.1) is 2.88 Å². The number of halogens is 1. The van der Waals surface area contributed by atoms with E-state index in [9.17, 15) is 9.59 Å². The molecule has 1 fully saturated rings. The van der Waals surface area contributed by atoms with Gasteiger partial charge in [-0.05, 0) is 28.7 Å². The summed E-state index contributed by atoms with van der Waals surface area (Å²) in [5, 5.41) is 1.83. The minimum atomic E-state index is -0.676. The summed E-state index contributed by atoms with van der Waals surface area (Å²) >= 11 is 3.70. The van der Waals surface area contributed by atoms with Gasteiger partial charge in [0.2, 0.25) is 0 Å². The van der Waals surface area contributed by atoms with E-state index in [0.717, 1.165) is 2.88 Å². The number of rotatable bonds is 2. The first kappa shape index (κ1) is 13.8. The Morgan fingerprint density at radius 3 is 3.00 bits per heavy atom. The van der Waals surface area contributed by atoms with Crippen molar-refractivity contribution in [2.45, 2.75) is 6.10 Å². The highest BCUT2D eigenvalue weighted by Gasteiger charge is 2.30. The molecular weight excluding hydrogens is 369 g/mol. The molecule has 0 bridgehead atoms. The number of amides is 1. The Bertz CT molecular complexity index is 462. The molecule has 0 radical (unpaired) electrons. The zero-order valence-electron chi connectivity index (χ0n) is 9.72. The van der Waals surface area contributed by atoms with Gasteiger partial charge in [-0.1, -0.05) is 0 Å². The molecule has 1 aromatic rings. The molecular formula is C11H12INO4S. The average molecular weight is 381 g/mol. The number of esters is 1. The Morgan fingerprint density at radius 2 is 2.39 bits per heavy atom. The van der Waals surface area contributed by atoms with Crippen molar-refractivity contribution < 1.29 is 19.1 Å². The quantitative estimate of drug-likeness (QED) is 0.574. The summed E-state index contributed by atoms with van der Waals surface area (Å²) in [6, 6.07) is 1.84. The van der Waals surface area contributed by atoms with Gasteiger partial charge in [0.25, 0.3) is 5.91 Å². The molecule has 1 amide bonds. The first-order valence-electron chi connectivity index (χ1n) is 5.34. The number of hydrogen-bond acceptors (Lipinski definition) is 5. The molecule has 0 spiro atoms. The molecule has 1 aliphatic heterocycles. The van der Waals surface area contributed by atoms with Gasteiger partial charge in [-0.15, -0.1) is 11.3 Å². The number of carbonyl (C=O) groups is 2. The summed E-state index contributed by atoms with van der Waals surface area (Å²) in [7, 11) is 1.31. The van der Waals surface area contributed by atoms with E-state index >= 15 is 0 Å². The zero-order valence-corrected chi connectivity index (χ0v) is 12.7. The second kappa shape index (κ2) is 5.98. The van der Waals surface area contributed by atoms with Gasteiger partial charge in [-0.25, -0.2) is 4.79 Å².